The quantitative estimate of drug-likeness (QED) is 0.388. The van der Waals surface area contributed by atoms with Gasteiger partial charge in [-0.25, -0.2) is 4.79 Å². The second-order valence-corrected chi connectivity index (χ2v) is 3.48. The van der Waals surface area contributed by atoms with Gasteiger partial charge in [0.15, 0.2) is 5.94 Å². The first-order valence-electron chi connectivity index (χ1n) is 5.52. The fourth-order valence-electron chi connectivity index (χ4n) is 1.36. The molecule has 1 rings (SSSR count). The Morgan fingerprint density at radius 3 is 2.42 bits per heavy atom. The van der Waals surface area contributed by atoms with Crippen LogP contribution in [0.15, 0.2) is 47.6 Å². The van der Waals surface area contributed by atoms with E-state index in [1.807, 2.05) is 30.3 Å². The van der Waals surface area contributed by atoms with E-state index in [-0.39, 0.29) is 17.3 Å². The summed E-state index contributed by atoms with van der Waals surface area (Å²) in [6.07, 6.45) is 0.481. The summed E-state index contributed by atoms with van der Waals surface area (Å²) in [6, 6.07) is 9.59. The summed E-state index contributed by atoms with van der Waals surface area (Å²) < 4.78 is 9.58. The first kappa shape index (κ1) is 14.4. The highest BCUT2D eigenvalue weighted by Gasteiger charge is 2.12. The van der Waals surface area contributed by atoms with Gasteiger partial charge in [0, 0.05) is 6.42 Å². The molecule has 4 nitrogen and oxygen atoms in total. The van der Waals surface area contributed by atoms with Crippen molar-refractivity contribution in [2.75, 3.05) is 14.2 Å². The van der Waals surface area contributed by atoms with Gasteiger partial charge in [-0.15, -0.1) is 0 Å². The van der Waals surface area contributed by atoms with Gasteiger partial charge < -0.3 is 14.6 Å². The Morgan fingerprint density at radius 1 is 1.21 bits per heavy atom. The fraction of sp³-hybridized carbons (Fsp3) is 0.200. The molecule has 0 aromatic heterocycles. The largest absolute Gasteiger partial charge is 0.498 e. The lowest BCUT2D eigenvalue weighted by atomic mass is 10.1. The Labute approximate surface area is 112 Å². The maximum Gasteiger partial charge on any atom is 0.251 e. The number of carbonyl (C=O) groups excluding carboxylic acids is 1. The van der Waals surface area contributed by atoms with E-state index in [1.165, 1.54) is 20.2 Å². The zero-order valence-corrected chi connectivity index (χ0v) is 10.8. The highest BCUT2D eigenvalue weighted by molar-refractivity contribution is 5.57. The van der Waals surface area contributed by atoms with Crippen LogP contribution in [-0.2, 0) is 20.7 Å². The van der Waals surface area contributed by atoms with E-state index < -0.39 is 0 Å². The lowest BCUT2D eigenvalue weighted by Crippen LogP contribution is -2.00. The number of aliphatic hydroxyl groups is 1. The molecule has 1 N–H and O–H groups in total. The average Bonchev–Trinajstić information content (AvgIpc) is 2.45. The maximum absolute atomic E-state index is 10.6. The Hall–Kier alpha value is -2.63. The SMILES string of the molecule is COC(=C=O)/C(OC)=C(/O)C#CCc1ccccc1. The van der Waals surface area contributed by atoms with E-state index >= 15 is 0 Å². The molecule has 0 aliphatic carbocycles. The minimum absolute atomic E-state index is 0.127. The molecule has 19 heavy (non-hydrogen) atoms. The second kappa shape index (κ2) is 7.65. The van der Waals surface area contributed by atoms with E-state index in [0.717, 1.165) is 5.56 Å². The molecule has 0 amide bonds. The molecule has 1 aromatic rings. The van der Waals surface area contributed by atoms with Crippen LogP contribution in [0.2, 0.25) is 0 Å². The van der Waals surface area contributed by atoms with Crippen LogP contribution in [0.4, 0.5) is 0 Å². The van der Waals surface area contributed by atoms with E-state index in [4.69, 9.17) is 9.47 Å². The molecular weight excluding hydrogens is 244 g/mol. The molecule has 0 heterocycles. The third kappa shape index (κ3) is 4.27. The molecule has 4 heteroatoms. The summed E-state index contributed by atoms with van der Waals surface area (Å²) in [5.41, 5.74) is 1.03. The lowest BCUT2D eigenvalue weighted by molar-refractivity contribution is 0.207. The summed E-state index contributed by atoms with van der Waals surface area (Å²) >= 11 is 0. The molecule has 0 saturated heterocycles. The molecule has 0 aliphatic rings. The minimum Gasteiger partial charge on any atom is -0.498 e. The van der Waals surface area contributed by atoms with Crippen molar-refractivity contribution in [2.24, 2.45) is 0 Å². The molecule has 0 saturated carbocycles. The summed E-state index contributed by atoms with van der Waals surface area (Å²) in [5.74, 6) is 6.10. The zero-order chi connectivity index (χ0) is 14.1. The Kier molecular flexibility index (Phi) is 5.81. The third-order valence-corrected chi connectivity index (χ3v) is 2.26. The maximum atomic E-state index is 10.6. The van der Waals surface area contributed by atoms with E-state index in [1.54, 1.807) is 0 Å². The van der Waals surface area contributed by atoms with Crippen LogP contribution in [0, 0.1) is 11.8 Å². The van der Waals surface area contributed by atoms with Crippen LogP contribution < -0.4 is 0 Å². The van der Waals surface area contributed by atoms with E-state index in [9.17, 15) is 9.90 Å². The smallest absolute Gasteiger partial charge is 0.251 e. The predicted octanol–water partition coefficient (Wildman–Crippen LogP) is 2.01. The van der Waals surface area contributed by atoms with Crippen molar-refractivity contribution >= 4 is 5.94 Å². The van der Waals surface area contributed by atoms with Gasteiger partial charge in [-0.3, -0.25) is 0 Å². The molecule has 0 aliphatic heterocycles. The summed E-state index contributed by atoms with van der Waals surface area (Å²) in [4.78, 5) is 10.6. The molecule has 0 atom stereocenters. The monoisotopic (exact) mass is 258 g/mol. The third-order valence-electron chi connectivity index (χ3n) is 2.26. The van der Waals surface area contributed by atoms with Crippen LogP contribution in [0.25, 0.3) is 0 Å². The van der Waals surface area contributed by atoms with Gasteiger partial charge in [-0.05, 0) is 11.5 Å². The zero-order valence-electron chi connectivity index (χ0n) is 10.8. The fourth-order valence-corrected chi connectivity index (χ4v) is 1.36. The minimum atomic E-state index is -0.362. The number of hydrogen-bond donors (Lipinski definition) is 1. The Balaban J connectivity index is 2.88. The van der Waals surface area contributed by atoms with E-state index in [0.29, 0.717) is 6.42 Å². The van der Waals surface area contributed by atoms with Gasteiger partial charge in [0.25, 0.3) is 5.76 Å². The molecule has 0 bridgehead atoms. The van der Waals surface area contributed by atoms with Gasteiger partial charge in [0.05, 0.1) is 14.2 Å². The summed E-state index contributed by atoms with van der Waals surface area (Å²) in [7, 11) is 2.59. The number of methoxy groups -OCH3 is 2. The first-order valence-corrected chi connectivity index (χ1v) is 5.52. The molecule has 0 fully saturated rings. The van der Waals surface area contributed by atoms with Gasteiger partial charge in [-0.2, -0.15) is 0 Å². The first-order chi connectivity index (χ1) is 9.22. The standard InChI is InChI=1S/C15H14O4/c1-18-14(11-16)15(19-2)13(17)10-6-9-12-7-4-3-5-8-12/h3-5,7-8,17H,9H2,1-2H3/b15-13-. The highest BCUT2D eigenvalue weighted by Crippen LogP contribution is 2.11. The van der Waals surface area contributed by atoms with Crippen molar-refractivity contribution in [2.45, 2.75) is 6.42 Å². The van der Waals surface area contributed by atoms with Crippen molar-refractivity contribution < 1.29 is 19.4 Å². The molecule has 1 aromatic carbocycles. The molecule has 0 radical (unpaired) electrons. The number of hydrogen-bond acceptors (Lipinski definition) is 4. The van der Waals surface area contributed by atoms with Gasteiger partial charge in [-0.1, -0.05) is 36.3 Å². The van der Waals surface area contributed by atoms with Crippen molar-refractivity contribution in [3.8, 4) is 11.8 Å². The lowest BCUT2D eigenvalue weighted by Gasteiger charge is -2.05. The number of benzene rings is 1. The Bertz CT molecular complexity index is 555. The van der Waals surface area contributed by atoms with Crippen LogP contribution >= 0.6 is 0 Å². The van der Waals surface area contributed by atoms with Crippen LogP contribution in [0.5, 0.6) is 0 Å². The van der Waals surface area contributed by atoms with E-state index in [2.05, 4.69) is 11.8 Å². The predicted molar refractivity (Wildman–Crippen MR) is 70.8 cm³/mol. The Morgan fingerprint density at radius 2 is 1.89 bits per heavy atom. The van der Waals surface area contributed by atoms with Crippen LogP contribution in [-0.4, -0.2) is 25.3 Å². The average molecular weight is 258 g/mol. The van der Waals surface area contributed by atoms with Gasteiger partial charge in [0.1, 0.15) is 0 Å². The number of allylic oxidation sites excluding steroid dienone is 1. The van der Waals surface area contributed by atoms with Crippen molar-refractivity contribution in [3.05, 3.63) is 53.2 Å². The topological polar surface area (TPSA) is 55.8 Å². The highest BCUT2D eigenvalue weighted by atomic mass is 16.5. The van der Waals surface area contributed by atoms with Crippen molar-refractivity contribution in [1.82, 2.24) is 0 Å². The molecule has 0 unspecified atom stereocenters. The van der Waals surface area contributed by atoms with Gasteiger partial charge >= 0.3 is 0 Å². The van der Waals surface area contributed by atoms with Gasteiger partial charge in [0.2, 0.25) is 11.5 Å². The molecule has 0 spiro atoms. The number of ether oxygens (including phenoxy) is 2. The molecule has 98 valence electrons. The number of aliphatic hydroxyl groups excluding tert-OH is 1. The second-order valence-electron chi connectivity index (χ2n) is 3.48. The van der Waals surface area contributed by atoms with Crippen LogP contribution in [0.1, 0.15) is 5.56 Å². The van der Waals surface area contributed by atoms with Crippen LogP contribution in [0.3, 0.4) is 0 Å². The molecular formula is C15H14O4. The summed E-state index contributed by atoms with van der Waals surface area (Å²) in [6.45, 7) is 0. The summed E-state index contributed by atoms with van der Waals surface area (Å²) in [5, 5.41) is 9.72. The van der Waals surface area contributed by atoms with Crippen molar-refractivity contribution in [1.29, 1.82) is 0 Å². The normalized spacial score (nSPS) is 10.4. The number of rotatable bonds is 4. The van der Waals surface area contributed by atoms with Crippen molar-refractivity contribution in [3.63, 3.8) is 0 Å².